The first-order chi connectivity index (χ1) is 13.0. The Hall–Kier alpha value is -2.34. The number of benzene rings is 1. The van der Waals surface area contributed by atoms with Gasteiger partial charge in [0.05, 0.1) is 13.7 Å². The maximum absolute atomic E-state index is 12.6. The summed E-state index contributed by atoms with van der Waals surface area (Å²) >= 11 is 0. The molecule has 1 aliphatic heterocycles. The van der Waals surface area contributed by atoms with E-state index in [2.05, 4.69) is 11.9 Å². The molecule has 6 heteroatoms. The highest BCUT2D eigenvalue weighted by Gasteiger charge is 2.36. The van der Waals surface area contributed by atoms with Crippen LogP contribution in [0.2, 0.25) is 0 Å². The first kappa shape index (κ1) is 19.4. The Bertz CT molecular complexity index is 725. The van der Waals surface area contributed by atoms with E-state index in [1.807, 2.05) is 18.2 Å². The number of aliphatic hydroxyl groups is 1. The minimum Gasteiger partial charge on any atom is -0.497 e. The molecule has 1 aromatic rings. The molecule has 2 amide bonds. The maximum Gasteiger partial charge on any atom is 0.245 e. The molecule has 1 fully saturated rings. The van der Waals surface area contributed by atoms with Crippen molar-refractivity contribution in [1.29, 1.82) is 0 Å². The van der Waals surface area contributed by atoms with E-state index in [4.69, 9.17) is 4.74 Å². The van der Waals surface area contributed by atoms with Crippen molar-refractivity contribution >= 4 is 11.8 Å². The van der Waals surface area contributed by atoms with Gasteiger partial charge in [-0.15, -0.1) is 0 Å². The number of ether oxygens (including phenoxy) is 1. The fourth-order valence-corrected chi connectivity index (χ4v) is 4.09. The molecule has 1 atom stereocenters. The van der Waals surface area contributed by atoms with Crippen LogP contribution in [0.1, 0.15) is 36.8 Å². The molecule has 2 aliphatic rings. The Balaban J connectivity index is 1.61. The van der Waals surface area contributed by atoms with E-state index in [0.29, 0.717) is 38.1 Å². The Morgan fingerprint density at radius 1 is 1.41 bits per heavy atom. The molecule has 27 heavy (non-hydrogen) atoms. The third-order valence-electron chi connectivity index (χ3n) is 5.76. The van der Waals surface area contributed by atoms with Crippen molar-refractivity contribution in [2.24, 2.45) is 5.92 Å². The van der Waals surface area contributed by atoms with E-state index in [0.717, 1.165) is 24.0 Å². The van der Waals surface area contributed by atoms with E-state index in [-0.39, 0.29) is 24.3 Å². The number of carbonyl (C=O) groups is 2. The molecule has 3 rings (SSSR count). The maximum atomic E-state index is 12.6. The molecule has 0 aromatic heterocycles. The van der Waals surface area contributed by atoms with Crippen LogP contribution in [0.4, 0.5) is 0 Å². The van der Waals surface area contributed by atoms with Crippen molar-refractivity contribution in [1.82, 2.24) is 10.2 Å². The van der Waals surface area contributed by atoms with Crippen molar-refractivity contribution < 1.29 is 19.4 Å². The summed E-state index contributed by atoms with van der Waals surface area (Å²) in [7, 11) is 1.61. The number of amides is 2. The molecule has 0 radical (unpaired) electrons. The molecular formula is C21H28N2O4. The molecule has 1 unspecified atom stereocenters. The standard InChI is InChI=1S/C21H28N2O4/c1-3-19(24)23-11-8-16(9-12-23)20(25)22-14-21(26)10-4-5-15-6-7-17(27-2)13-18(15)21/h3,6-7,13,16,26H,1,4-5,8-12,14H2,2H3,(H,22,25). The first-order valence-corrected chi connectivity index (χ1v) is 9.55. The number of carbonyl (C=O) groups excluding carboxylic acids is 2. The number of methoxy groups -OCH3 is 1. The van der Waals surface area contributed by atoms with Gasteiger partial charge in [0.1, 0.15) is 11.4 Å². The number of hydrogen-bond acceptors (Lipinski definition) is 4. The van der Waals surface area contributed by atoms with Crippen molar-refractivity contribution in [3.63, 3.8) is 0 Å². The monoisotopic (exact) mass is 372 g/mol. The fourth-order valence-electron chi connectivity index (χ4n) is 4.09. The van der Waals surface area contributed by atoms with E-state index in [1.54, 1.807) is 12.0 Å². The highest BCUT2D eigenvalue weighted by atomic mass is 16.5. The second-order valence-electron chi connectivity index (χ2n) is 7.43. The second kappa shape index (κ2) is 8.13. The summed E-state index contributed by atoms with van der Waals surface area (Å²) in [5.41, 5.74) is 0.881. The summed E-state index contributed by atoms with van der Waals surface area (Å²) in [4.78, 5) is 26.0. The first-order valence-electron chi connectivity index (χ1n) is 9.55. The van der Waals surface area contributed by atoms with Gasteiger partial charge in [0.15, 0.2) is 0 Å². The topological polar surface area (TPSA) is 78.9 Å². The zero-order valence-corrected chi connectivity index (χ0v) is 15.9. The molecular weight excluding hydrogens is 344 g/mol. The number of fused-ring (bicyclic) bond motifs is 1. The van der Waals surface area contributed by atoms with Crippen molar-refractivity contribution in [3.8, 4) is 5.75 Å². The molecule has 1 saturated heterocycles. The quantitative estimate of drug-likeness (QED) is 0.772. The Kier molecular flexibility index (Phi) is 5.85. The van der Waals surface area contributed by atoms with Gasteiger partial charge in [-0.3, -0.25) is 9.59 Å². The van der Waals surface area contributed by atoms with Gasteiger partial charge >= 0.3 is 0 Å². The van der Waals surface area contributed by atoms with Gasteiger partial charge < -0.3 is 20.1 Å². The van der Waals surface area contributed by atoms with Crippen molar-refractivity contribution in [2.45, 2.75) is 37.7 Å². The van der Waals surface area contributed by atoms with Gasteiger partial charge in [0.25, 0.3) is 0 Å². The van der Waals surface area contributed by atoms with Crippen LogP contribution in [-0.2, 0) is 21.6 Å². The van der Waals surface area contributed by atoms with Gasteiger partial charge in [-0.25, -0.2) is 0 Å². The van der Waals surface area contributed by atoms with Crippen LogP contribution in [0.25, 0.3) is 0 Å². The highest BCUT2D eigenvalue weighted by Crippen LogP contribution is 2.37. The third kappa shape index (κ3) is 4.16. The molecule has 146 valence electrons. The summed E-state index contributed by atoms with van der Waals surface area (Å²) in [6.45, 7) is 4.82. The normalized spacial score (nSPS) is 22.7. The zero-order valence-electron chi connectivity index (χ0n) is 15.9. The fraction of sp³-hybridized carbons (Fsp3) is 0.524. The summed E-state index contributed by atoms with van der Waals surface area (Å²) < 4.78 is 5.30. The summed E-state index contributed by atoms with van der Waals surface area (Å²) in [6, 6.07) is 5.77. The minimum absolute atomic E-state index is 0.0517. The Morgan fingerprint density at radius 3 is 2.81 bits per heavy atom. The largest absolute Gasteiger partial charge is 0.497 e. The van der Waals surface area contributed by atoms with E-state index in [1.165, 1.54) is 6.08 Å². The predicted molar refractivity (Wildman–Crippen MR) is 102 cm³/mol. The van der Waals surface area contributed by atoms with Crippen LogP contribution >= 0.6 is 0 Å². The molecule has 2 N–H and O–H groups in total. The number of likely N-dealkylation sites (tertiary alicyclic amines) is 1. The summed E-state index contributed by atoms with van der Waals surface area (Å²) in [6.07, 6.45) is 4.99. The second-order valence-corrected chi connectivity index (χ2v) is 7.43. The van der Waals surface area contributed by atoms with E-state index < -0.39 is 5.60 Å². The number of nitrogens with one attached hydrogen (secondary N) is 1. The SMILES string of the molecule is C=CC(=O)N1CCC(C(=O)NCC2(O)CCCc3ccc(OC)cc32)CC1. The molecule has 1 aromatic carbocycles. The average molecular weight is 372 g/mol. The molecule has 0 bridgehead atoms. The van der Waals surface area contributed by atoms with Gasteiger partial charge in [-0.1, -0.05) is 12.6 Å². The lowest BCUT2D eigenvalue weighted by atomic mass is 9.79. The highest BCUT2D eigenvalue weighted by molar-refractivity contribution is 5.87. The number of piperidine rings is 1. The lowest BCUT2D eigenvalue weighted by Crippen LogP contribution is -2.47. The zero-order chi connectivity index (χ0) is 19.4. The van der Waals surface area contributed by atoms with E-state index >= 15 is 0 Å². The van der Waals surface area contributed by atoms with E-state index in [9.17, 15) is 14.7 Å². The van der Waals surface area contributed by atoms with Crippen molar-refractivity contribution in [3.05, 3.63) is 42.0 Å². The van der Waals surface area contributed by atoms with Gasteiger partial charge in [-0.05, 0) is 61.4 Å². The Labute approximate surface area is 160 Å². The minimum atomic E-state index is -1.07. The lowest BCUT2D eigenvalue weighted by Gasteiger charge is -2.36. The molecule has 6 nitrogen and oxygen atoms in total. The smallest absolute Gasteiger partial charge is 0.245 e. The van der Waals surface area contributed by atoms with Gasteiger partial charge in [-0.2, -0.15) is 0 Å². The molecule has 0 saturated carbocycles. The van der Waals surface area contributed by atoms with Crippen LogP contribution in [0.15, 0.2) is 30.9 Å². The van der Waals surface area contributed by atoms with Gasteiger partial charge in [0.2, 0.25) is 11.8 Å². The lowest BCUT2D eigenvalue weighted by molar-refractivity contribution is -0.132. The molecule has 0 spiro atoms. The van der Waals surface area contributed by atoms with Crippen LogP contribution < -0.4 is 10.1 Å². The number of rotatable bonds is 5. The molecule has 1 aliphatic carbocycles. The van der Waals surface area contributed by atoms with Gasteiger partial charge in [0, 0.05) is 19.0 Å². The van der Waals surface area contributed by atoms with Crippen LogP contribution in [0.3, 0.4) is 0 Å². The number of nitrogens with zero attached hydrogens (tertiary/aromatic N) is 1. The molecule has 1 heterocycles. The van der Waals surface area contributed by atoms with Crippen molar-refractivity contribution in [2.75, 3.05) is 26.7 Å². The van der Waals surface area contributed by atoms with Crippen LogP contribution in [0.5, 0.6) is 5.75 Å². The number of aryl methyl sites for hydroxylation is 1. The summed E-state index contributed by atoms with van der Waals surface area (Å²) in [5.74, 6) is 0.440. The Morgan fingerprint density at radius 2 is 2.15 bits per heavy atom. The average Bonchev–Trinajstić information content (AvgIpc) is 2.71. The van der Waals surface area contributed by atoms with Crippen LogP contribution in [0, 0.1) is 5.92 Å². The predicted octanol–water partition coefficient (Wildman–Crippen LogP) is 1.76. The summed E-state index contributed by atoms with van der Waals surface area (Å²) in [5, 5.41) is 14.1. The number of hydrogen-bond donors (Lipinski definition) is 2. The van der Waals surface area contributed by atoms with Crippen LogP contribution in [-0.4, -0.2) is 48.6 Å². The third-order valence-corrected chi connectivity index (χ3v) is 5.76.